The topological polar surface area (TPSA) is 116 Å². The quantitative estimate of drug-likeness (QED) is 0.217. The molecule has 0 saturated carbocycles. The molecule has 48 heavy (non-hydrogen) atoms. The van der Waals surface area contributed by atoms with Gasteiger partial charge in [-0.3, -0.25) is 19.6 Å². The monoisotopic (exact) mass is 647 g/mol. The molecule has 10 nitrogen and oxygen atoms in total. The highest BCUT2D eigenvalue weighted by Gasteiger charge is 2.45. The maximum absolute atomic E-state index is 13.8. The molecule has 0 unspecified atom stereocenters. The van der Waals surface area contributed by atoms with Gasteiger partial charge in [-0.2, -0.15) is 5.10 Å². The molecule has 246 valence electrons. The second-order valence-corrected chi connectivity index (χ2v) is 12.8. The molecule has 0 spiro atoms. The van der Waals surface area contributed by atoms with E-state index >= 15 is 0 Å². The lowest BCUT2D eigenvalue weighted by Crippen LogP contribution is -2.46. The lowest BCUT2D eigenvalue weighted by atomic mass is 9.86. The molecule has 11 heteroatoms. The Balaban J connectivity index is 0.953. The number of nitrogens with one attached hydrogen (secondary N) is 2. The number of ether oxygens (including phenoxy) is 1. The summed E-state index contributed by atoms with van der Waals surface area (Å²) in [6.45, 7) is 3.01. The molecule has 2 aliphatic heterocycles. The maximum atomic E-state index is 13.8. The van der Waals surface area contributed by atoms with Crippen molar-refractivity contribution in [3.05, 3.63) is 96.6 Å². The maximum Gasteiger partial charge on any atom is 0.236 e. The lowest BCUT2D eigenvalue weighted by Gasteiger charge is -2.33. The van der Waals surface area contributed by atoms with Crippen molar-refractivity contribution in [2.45, 2.75) is 25.2 Å². The largest absolute Gasteiger partial charge is 0.384 e. The first-order valence-corrected chi connectivity index (χ1v) is 16.3. The number of aromatic amines is 1. The second kappa shape index (κ2) is 13.6. The van der Waals surface area contributed by atoms with Crippen LogP contribution >= 0.6 is 0 Å². The van der Waals surface area contributed by atoms with Gasteiger partial charge in [-0.05, 0) is 85.8 Å². The number of anilines is 1. The van der Waals surface area contributed by atoms with E-state index in [4.69, 9.17) is 4.74 Å². The van der Waals surface area contributed by atoms with E-state index in [0.29, 0.717) is 55.7 Å². The Morgan fingerprint density at radius 1 is 0.979 bits per heavy atom. The van der Waals surface area contributed by atoms with E-state index in [1.807, 2.05) is 29.2 Å². The van der Waals surface area contributed by atoms with Crippen LogP contribution in [0.1, 0.15) is 30.7 Å². The molecule has 7 rings (SSSR count). The molecule has 5 aromatic rings. The molecule has 2 saturated heterocycles. The minimum atomic E-state index is -0.788. The van der Waals surface area contributed by atoms with Crippen LogP contribution in [-0.2, 0) is 14.3 Å². The summed E-state index contributed by atoms with van der Waals surface area (Å²) < 4.78 is 19.1. The summed E-state index contributed by atoms with van der Waals surface area (Å²) in [4.78, 5) is 39.9. The number of H-pyrrole nitrogens is 1. The standard InChI is InChI=1S/C37H38FN7O3/c1-48-24-37(36(47)41-30-11-12-32-31(21-30)34(43-42-32)27-7-9-29(38)10-8-27)15-20-44(23-37)22-33(46)45-18-13-26(14-19-45)25-3-5-28(6-4-25)35-39-16-2-17-40-35/h2-12,16-17,21,26H,13-15,18-20,22-24H2,1H3,(H,41,47)(H,42,43)/t37-/m1/s1. The van der Waals surface area contributed by atoms with Crippen molar-refractivity contribution in [2.24, 2.45) is 5.41 Å². The van der Waals surface area contributed by atoms with Crippen LogP contribution in [0.2, 0.25) is 0 Å². The Kier molecular flexibility index (Phi) is 8.96. The average molecular weight is 648 g/mol. The highest BCUT2D eigenvalue weighted by atomic mass is 19.1. The molecule has 1 atom stereocenters. The van der Waals surface area contributed by atoms with E-state index in [2.05, 4.69) is 54.6 Å². The molecule has 4 heterocycles. The van der Waals surface area contributed by atoms with Crippen molar-refractivity contribution in [1.82, 2.24) is 30.0 Å². The molecular weight excluding hydrogens is 609 g/mol. The minimum Gasteiger partial charge on any atom is -0.384 e. The third-order valence-corrected chi connectivity index (χ3v) is 9.69. The highest BCUT2D eigenvalue weighted by Crippen LogP contribution is 2.35. The molecule has 2 aromatic heterocycles. The first-order chi connectivity index (χ1) is 23.4. The molecule has 2 N–H and O–H groups in total. The van der Waals surface area contributed by atoms with Crippen molar-refractivity contribution < 1.29 is 18.7 Å². The Morgan fingerprint density at radius 3 is 2.44 bits per heavy atom. The number of rotatable bonds is 9. The normalized spacial score (nSPS) is 18.8. The molecule has 0 bridgehead atoms. The zero-order valence-electron chi connectivity index (χ0n) is 26.9. The molecular formula is C37H38FN7O3. The number of piperidine rings is 1. The average Bonchev–Trinajstić information content (AvgIpc) is 3.74. The number of hydrogen-bond acceptors (Lipinski definition) is 7. The summed E-state index contributed by atoms with van der Waals surface area (Å²) in [5.74, 6) is 0.752. The van der Waals surface area contributed by atoms with E-state index in [1.54, 1.807) is 31.6 Å². The fraction of sp³-hybridized carbons (Fsp3) is 0.324. The number of carbonyl (C=O) groups is 2. The first-order valence-electron chi connectivity index (χ1n) is 16.3. The third kappa shape index (κ3) is 6.56. The number of aromatic nitrogens is 4. The van der Waals surface area contributed by atoms with E-state index in [0.717, 1.165) is 34.9 Å². The van der Waals surface area contributed by atoms with Crippen LogP contribution in [0.15, 0.2) is 85.2 Å². The first kappa shape index (κ1) is 31.6. The van der Waals surface area contributed by atoms with E-state index in [9.17, 15) is 14.0 Å². The van der Waals surface area contributed by atoms with Crippen LogP contribution in [0.5, 0.6) is 0 Å². The van der Waals surface area contributed by atoms with Crippen LogP contribution in [-0.4, -0.2) is 88.2 Å². The van der Waals surface area contributed by atoms with Crippen molar-refractivity contribution in [3.63, 3.8) is 0 Å². The van der Waals surface area contributed by atoms with Gasteiger partial charge in [0.15, 0.2) is 5.82 Å². The van der Waals surface area contributed by atoms with Crippen LogP contribution in [0, 0.1) is 11.2 Å². The van der Waals surface area contributed by atoms with Gasteiger partial charge in [0.25, 0.3) is 0 Å². The Morgan fingerprint density at radius 2 is 1.71 bits per heavy atom. The number of carbonyl (C=O) groups excluding carboxylic acids is 2. The number of methoxy groups -OCH3 is 1. The van der Waals surface area contributed by atoms with Crippen LogP contribution in [0.3, 0.4) is 0 Å². The van der Waals surface area contributed by atoms with Gasteiger partial charge in [0.1, 0.15) is 5.82 Å². The summed E-state index contributed by atoms with van der Waals surface area (Å²) in [7, 11) is 1.60. The lowest BCUT2D eigenvalue weighted by molar-refractivity contribution is -0.134. The number of likely N-dealkylation sites (tertiary alicyclic amines) is 2. The Labute approximate surface area is 278 Å². The highest BCUT2D eigenvalue weighted by molar-refractivity contribution is 6.00. The molecule has 0 radical (unpaired) electrons. The number of amides is 2. The van der Waals surface area contributed by atoms with Gasteiger partial charge < -0.3 is 15.0 Å². The minimum absolute atomic E-state index is 0.0948. The number of hydrogen-bond donors (Lipinski definition) is 2. The molecule has 3 aromatic carbocycles. The predicted octanol–water partition coefficient (Wildman–Crippen LogP) is 5.51. The summed E-state index contributed by atoms with van der Waals surface area (Å²) in [6, 6.07) is 22.0. The summed E-state index contributed by atoms with van der Waals surface area (Å²) >= 11 is 0. The van der Waals surface area contributed by atoms with Gasteiger partial charge >= 0.3 is 0 Å². The van der Waals surface area contributed by atoms with Gasteiger partial charge in [0.05, 0.1) is 29.8 Å². The summed E-state index contributed by atoms with van der Waals surface area (Å²) in [5.41, 5.74) is 4.37. The van der Waals surface area contributed by atoms with Crippen LogP contribution in [0.4, 0.5) is 10.1 Å². The Bertz CT molecular complexity index is 1890. The zero-order valence-corrected chi connectivity index (χ0v) is 26.9. The summed E-state index contributed by atoms with van der Waals surface area (Å²) in [5, 5.41) is 11.3. The van der Waals surface area contributed by atoms with Crippen LogP contribution < -0.4 is 5.32 Å². The fourth-order valence-electron chi connectivity index (χ4n) is 7.03. The van der Waals surface area contributed by atoms with Gasteiger partial charge in [0.2, 0.25) is 11.8 Å². The number of nitrogens with zero attached hydrogens (tertiary/aromatic N) is 5. The van der Waals surface area contributed by atoms with Gasteiger partial charge in [-0.1, -0.05) is 24.3 Å². The van der Waals surface area contributed by atoms with Crippen molar-refractivity contribution in [2.75, 3.05) is 51.8 Å². The van der Waals surface area contributed by atoms with E-state index in [-0.39, 0.29) is 30.8 Å². The van der Waals surface area contributed by atoms with E-state index < -0.39 is 5.41 Å². The number of halogens is 1. The van der Waals surface area contributed by atoms with Crippen molar-refractivity contribution in [1.29, 1.82) is 0 Å². The van der Waals surface area contributed by atoms with Crippen molar-refractivity contribution >= 4 is 28.4 Å². The number of fused-ring (bicyclic) bond motifs is 1. The number of benzene rings is 3. The zero-order chi connectivity index (χ0) is 33.1. The molecule has 2 aliphatic rings. The van der Waals surface area contributed by atoms with Gasteiger partial charge in [-0.15, -0.1) is 0 Å². The second-order valence-electron chi connectivity index (χ2n) is 12.8. The molecule has 2 fully saturated rings. The van der Waals surface area contributed by atoms with Crippen LogP contribution in [0.25, 0.3) is 33.5 Å². The van der Waals surface area contributed by atoms with Gasteiger partial charge in [0, 0.05) is 61.3 Å². The molecule has 2 amide bonds. The predicted molar refractivity (Wildman–Crippen MR) is 182 cm³/mol. The SMILES string of the molecule is COC[C@@]1(C(=O)Nc2ccc3[nH]nc(-c4ccc(F)cc4)c3c2)CCN(CC(=O)N2CCC(c3ccc(-c4ncccn4)cc3)CC2)C1. The summed E-state index contributed by atoms with van der Waals surface area (Å²) in [6.07, 6.45) is 5.89. The third-order valence-electron chi connectivity index (χ3n) is 9.69. The fourth-order valence-corrected chi connectivity index (χ4v) is 7.03. The van der Waals surface area contributed by atoms with E-state index in [1.165, 1.54) is 17.7 Å². The van der Waals surface area contributed by atoms with Gasteiger partial charge in [-0.25, -0.2) is 14.4 Å². The molecule has 0 aliphatic carbocycles. The smallest absolute Gasteiger partial charge is 0.236 e. The Hall–Kier alpha value is -5.00. The van der Waals surface area contributed by atoms with Crippen molar-refractivity contribution in [3.8, 4) is 22.6 Å².